The average Bonchev–Trinajstić information content (AvgIpc) is 3.26. The minimum atomic E-state index is -0.0918. The van der Waals surface area contributed by atoms with Crippen molar-refractivity contribution in [3.63, 3.8) is 0 Å². The van der Waals surface area contributed by atoms with Gasteiger partial charge in [0.05, 0.1) is 12.5 Å². The van der Waals surface area contributed by atoms with E-state index in [1.54, 1.807) is 0 Å². The monoisotopic (exact) mass is 375 g/mol. The zero-order valence-corrected chi connectivity index (χ0v) is 16.3. The van der Waals surface area contributed by atoms with Crippen molar-refractivity contribution >= 4 is 28.4 Å². The third-order valence-corrected chi connectivity index (χ3v) is 5.49. The lowest BCUT2D eigenvalue weighted by Gasteiger charge is -2.18. The molecule has 144 valence electrons. The van der Waals surface area contributed by atoms with E-state index in [-0.39, 0.29) is 17.9 Å². The molecule has 2 heterocycles. The van der Waals surface area contributed by atoms with E-state index in [0.29, 0.717) is 12.8 Å². The van der Waals surface area contributed by atoms with Crippen molar-refractivity contribution in [1.29, 1.82) is 0 Å². The van der Waals surface area contributed by atoms with E-state index in [1.165, 1.54) is 0 Å². The van der Waals surface area contributed by atoms with E-state index in [2.05, 4.69) is 22.0 Å². The predicted molar refractivity (Wildman–Crippen MR) is 111 cm³/mol. The van der Waals surface area contributed by atoms with Gasteiger partial charge in [0.25, 0.3) is 0 Å². The quantitative estimate of drug-likeness (QED) is 0.739. The minimum absolute atomic E-state index is 0.00245. The van der Waals surface area contributed by atoms with Gasteiger partial charge in [-0.2, -0.15) is 0 Å². The van der Waals surface area contributed by atoms with Crippen molar-refractivity contribution in [3.05, 3.63) is 65.9 Å². The van der Waals surface area contributed by atoms with E-state index in [4.69, 9.17) is 0 Å². The molecule has 1 atom stereocenters. The first-order valence-corrected chi connectivity index (χ1v) is 9.75. The third kappa shape index (κ3) is 3.52. The Hall–Kier alpha value is -3.08. The maximum Gasteiger partial charge on any atom is 0.227 e. The molecule has 0 aliphatic carbocycles. The smallest absolute Gasteiger partial charge is 0.227 e. The molecule has 5 heteroatoms. The van der Waals surface area contributed by atoms with Gasteiger partial charge in [-0.05, 0) is 42.7 Å². The molecular weight excluding hydrogens is 350 g/mol. The number of nitrogens with zero attached hydrogens (tertiary/aromatic N) is 2. The van der Waals surface area contributed by atoms with Gasteiger partial charge >= 0.3 is 0 Å². The number of aromatic nitrogens is 1. The van der Waals surface area contributed by atoms with Crippen LogP contribution in [0.15, 0.2) is 54.7 Å². The Balaban J connectivity index is 1.42. The summed E-state index contributed by atoms with van der Waals surface area (Å²) in [7, 11) is 2.00. The molecule has 5 nitrogen and oxygen atoms in total. The van der Waals surface area contributed by atoms with Crippen molar-refractivity contribution in [2.45, 2.75) is 32.2 Å². The summed E-state index contributed by atoms with van der Waals surface area (Å²) >= 11 is 0. The maximum absolute atomic E-state index is 12.6. The predicted octanol–water partition coefficient (Wildman–Crippen LogP) is 3.73. The van der Waals surface area contributed by atoms with E-state index >= 15 is 0 Å². The summed E-state index contributed by atoms with van der Waals surface area (Å²) in [6.45, 7) is 2.77. The van der Waals surface area contributed by atoms with Crippen LogP contribution in [-0.4, -0.2) is 22.9 Å². The van der Waals surface area contributed by atoms with Crippen molar-refractivity contribution in [3.8, 4) is 0 Å². The molecule has 1 aliphatic rings. The molecule has 1 saturated heterocycles. The molecule has 4 rings (SSSR count). The summed E-state index contributed by atoms with van der Waals surface area (Å²) < 4.78 is 2.06. The van der Waals surface area contributed by atoms with Crippen LogP contribution in [0.3, 0.4) is 0 Å². The Bertz CT molecular complexity index is 1020. The third-order valence-electron chi connectivity index (χ3n) is 5.49. The van der Waals surface area contributed by atoms with Crippen molar-refractivity contribution in [1.82, 2.24) is 9.88 Å². The van der Waals surface area contributed by atoms with Gasteiger partial charge in [0, 0.05) is 42.8 Å². The van der Waals surface area contributed by atoms with Gasteiger partial charge in [-0.1, -0.05) is 30.3 Å². The number of rotatable bonds is 5. The highest BCUT2D eigenvalue weighted by Gasteiger charge is 2.21. The van der Waals surface area contributed by atoms with Crippen LogP contribution >= 0.6 is 0 Å². The molecule has 0 saturated carbocycles. The molecule has 1 unspecified atom stereocenters. The fraction of sp³-hybridized carbons (Fsp3) is 0.304. The van der Waals surface area contributed by atoms with Gasteiger partial charge in [-0.25, -0.2) is 0 Å². The summed E-state index contributed by atoms with van der Waals surface area (Å²) in [6, 6.07) is 15.9. The number of hydrogen-bond donors (Lipinski definition) is 1. The van der Waals surface area contributed by atoms with Crippen molar-refractivity contribution in [2.24, 2.45) is 7.05 Å². The lowest BCUT2D eigenvalue weighted by molar-refractivity contribution is -0.121. The average molecular weight is 375 g/mol. The zero-order chi connectivity index (χ0) is 19.7. The van der Waals surface area contributed by atoms with Crippen LogP contribution in [0.5, 0.6) is 0 Å². The summed E-state index contributed by atoms with van der Waals surface area (Å²) in [5.41, 5.74) is 4.12. The lowest BCUT2D eigenvalue weighted by Crippen LogP contribution is -2.28. The van der Waals surface area contributed by atoms with Crippen LogP contribution in [-0.2, 0) is 23.1 Å². The molecule has 2 aromatic carbocycles. The van der Waals surface area contributed by atoms with Gasteiger partial charge in [-0.3, -0.25) is 9.59 Å². The van der Waals surface area contributed by atoms with Crippen LogP contribution in [0.2, 0.25) is 0 Å². The molecule has 0 bridgehead atoms. The number of hydrogen-bond acceptors (Lipinski definition) is 2. The van der Waals surface area contributed by atoms with Gasteiger partial charge in [0.15, 0.2) is 0 Å². The second-order valence-corrected chi connectivity index (χ2v) is 7.49. The maximum atomic E-state index is 12.6. The number of amides is 2. The molecule has 0 radical (unpaired) electrons. The van der Waals surface area contributed by atoms with Crippen LogP contribution in [0.25, 0.3) is 10.9 Å². The van der Waals surface area contributed by atoms with Crippen LogP contribution in [0.1, 0.15) is 36.9 Å². The molecule has 0 spiro atoms. The molecule has 1 aliphatic heterocycles. The number of carbonyl (C=O) groups excluding carboxylic acids is 2. The Morgan fingerprint density at radius 2 is 1.89 bits per heavy atom. The Morgan fingerprint density at radius 1 is 1.14 bits per heavy atom. The first-order valence-electron chi connectivity index (χ1n) is 9.75. The molecule has 1 fully saturated rings. The van der Waals surface area contributed by atoms with E-state index < -0.39 is 0 Å². The Labute approximate surface area is 165 Å². The van der Waals surface area contributed by atoms with Crippen LogP contribution in [0.4, 0.5) is 5.69 Å². The Kier molecular flexibility index (Phi) is 4.90. The number of carbonyl (C=O) groups is 2. The number of benzene rings is 2. The van der Waals surface area contributed by atoms with Crippen LogP contribution in [0, 0.1) is 0 Å². The van der Waals surface area contributed by atoms with Crippen molar-refractivity contribution in [2.75, 3.05) is 11.4 Å². The second-order valence-electron chi connectivity index (χ2n) is 7.49. The van der Waals surface area contributed by atoms with Crippen LogP contribution < -0.4 is 10.2 Å². The fourth-order valence-electron chi connectivity index (χ4n) is 3.98. The largest absolute Gasteiger partial charge is 0.350 e. The van der Waals surface area contributed by atoms with E-state index in [1.807, 2.05) is 61.5 Å². The molecule has 28 heavy (non-hydrogen) atoms. The molecule has 2 amide bonds. The fourth-order valence-corrected chi connectivity index (χ4v) is 3.98. The summed E-state index contributed by atoms with van der Waals surface area (Å²) in [6.07, 6.45) is 3.92. The minimum Gasteiger partial charge on any atom is -0.350 e. The van der Waals surface area contributed by atoms with Gasteiger partial charge in [-0.15, -0.1) is 0 Å². The molecule has 1 N–H and O–H groups in total. The SMILES string of the molecule is CC(NC(=O)Cc1cn(C)c2ccccc12)c1ccc(N2CCCC2=O)cc1. The zero-order valence-electron chi connectivity index (χ0n) is 16.3. The highest BCUT2D eigenvalue weighted by Crippen LogP contribution is 2.24. The highest BCUT2D eigenvalue weighted by molar-refractivity contribution is 5.95. The molecule has 3 aromatic rings. The highest BCUT2D eigenvalue weighted by atomic mass is 16.2. The number of nitrogens with one attached hydrogen (secondary N) is 1. The number of fused-ring (bicyclic) bond motifs is 1. The normalized spacial score (nSPS) is 15.2. The van der Waals surface area contributed by atoms with Gasteiger partial charge < -0.3 is 14.8 Å². The number of para-hydroxylation sites is 1. The summed E-state index contributed by atoms with van der Waals surface area (Å²) in [5, 5.41) is 4.21. The molecular formula is C23H25N3O2. The lowest BCUT2D eigenvalue weighted by atomic mass is 10.1. The Morgan fingerprint density at radius 3 is 2.61 bits per heavy atom. The first-order chi connectivity index (χ1) is 13.5. The summed E-state index contributed by atoms with van der Waals surface area (Å²) in [4.78, 5) is 26.3. The van der Waals surface area contributed by atoms with Gasteiger partial charge in [0.1, 0.15) is 0 Å². The van der Waals surface area contributed by atoms with Gasteiger partial charge in [0.2, 0.25) is 11.8 Å². The number of aryl methyl sites for hydroxylation is 1. The van der Waals surface area contributed by atoms with E-state index in [0.717, 1.165) is 40.7 Å². The number of anilines is 1. The first kappa shape index (κ1) is 18.3. The van der Waals surface area contributed by atoms with E-state index in [9.17, 15) is 9.59 Å². The standard InChI is InChI=1S/C23H25N3O2/c1-16(17-9-11-19(12-10-17)26-13-5-8-23(26)28)24-22(27)14-18-15-25(2)21-7-4-3-6-20(18)21/h3-4,6-7,9-12,15-16H,5,8,13-14H2,1-2H3,(H,24,27). The topological polar surface area (TPSA) is 54.3 Å². The summed E-state index contributed by atoms with van der Waals surface area (Å²) in [5.74, 6) is 0.187. The van der Waals surface area contributed by atoms with Crippen molar-refractivity contribution < 1.29 is 9.59 Å². The second kappa shape index (κ2) is 7.50. The molecule has 1 aromatic heterocycles.